The van der Waals surface area contributed by atoms with Crippen LogP contribution in [0.4, 0.5) is 0 Å². The lowest BCUT2D eigenvalue weighted by Gasteiger charge is -2.36. The lowest BCUT2D eigenvalue weighted by atomic mass is 9.87. The number of nitrogens with one attached hydrogen (secondary N) is 2. The Morgan fingerprint density at radius 3 is 2.59 bits per heavy atom. The van der Waals surface area contributed by atoms with Gasteiger partial charge in [-0.15, -0.1) is 12.4 Å². The van der Waals surface area contributed by atoms with Crippen molar-refractivity contribution in [2.24, 2.45) is 0 Å². The zero-order chi connectivity index (χ0) is 17.8. The Bertz CT molecular complexity index is 855. The quantitative estimate of drug-likeness (QED) is 0.702. The smallest absolute Gasteiger partial charge is 0.248 e. The predicted molar refractivity (Wildman–Crippen MR) is 105 cm³/mol. The van der Waals surface area contributed by atoms with Gasteiger partial charge in [0.15, 0.2) is 0 Å². The van der Waals surface area contributed by atoms with Crippen LogP contribution in [0, 0.1) is 0 Å². The van der Waals surface area contributed by atoms with Crippen molar-refractivity contribution in [3.05, 3.63) is 66.7 Å². The second-order valence-electron chi connectivity index (χ2n) is 6.50. The molecule has 1 fully saturated rings. The van der Waals surface area contributed by atoms with Gasteiger partial charge in [-0.2, -0.15) is 10.2 Å². The van der Waals surface area contributed by atoms with Gasteiger partial charge >= 0.3 is 0 Å². The highest BCUT2D eigenvalue weighted by Crippen LogP contribution is 2.27. The fourth-order valence-corrected chi connectivity index (χ4v) is 3.44. The molecule has 1 aromatic carbocycles. The van der Waals surface area contributed by atoms with Crippen molar-refractivity contribution < 1.29 is 4.79 Å². The lowest BCUT2D eigenvalue weighted by molar-refractivity contribution is -0.132. The summed E-state index contributed by atoms with van der Waals surface area (Å²) in [6, 6.07) is 13.7. The monoisotopic (exact) mass is 386 g/mol. The summed E-state index contributed by atoms with van der Waals surface area (Å²) >= 11 is 0. The molecule has 0 atom stereocenters. The molecule has 3 aromatic rings. The first-order valence-electron chi connectivity index (χ1n) is 8.87. The minimum absolute atomic E-state index is 0. The molecule has 8 heteroatoms. The highest BCUT2D eigenvalue weighted by atomic mass is 35.5. The average Bonchev–Trinajstić information content (AvgIpc) is 3.39. The minimum atomic E-state index is -0.628. The third kappa shape index (κ3) is 3.89. The van der Waals surface area contributed by atoms with Gasteiger partial charge in [0, 0.05) is 18.6 Å². The Balaban J connectivity index is 0.00000210. The van der Waals surface area contributed by atoms with Crippen LogP contribution in [0.1, 0.15) is 18.5 Å². The molecule has 1 aliphatic heterocycles. The van der Waals surface area contributed by atoms with Crippen LogP contribution in [-0.2, 0) is 16.9 Å². The second kappa shape index (κ2) is 8.37. The summed E-state index contributed by atoms with van der Waals surface area (Å²) in [5, 5.41) is 15.3. The van der Waals surface area contributed by atoms with Crippen LogP contribution in [-0.4, -0.2) is 38.6 Å². The first-order chi connectivity index (χ1) is 12.8. The number of para-hydroxylation sites is 1. The van der Waals surface area contributed by atoms with Gasteiger partial charge in [0.1, 0.15) is 5.54 Å². The van der Waals surface area contributed by atoms with Crippen molar-refractivity contribution in [1.82, 2.24) is 30.2 Å². The third-order valence-corrected chi connectivity index (χ3v) is 4.89. The van der Waals surface area contributed by atoms with Crippen LogP contribution in [0.5, 0.6) is 0 Å². The maximum Gasteiger partial charge on any atom is 0.248 e. The zero-order valence-electron chi connectivity index (χ0n) is 14.9. The molecule has 3 heterocycles. The molecule has 2 aromatic heterocycles. The van der Waals surface area contributed by atoms with E-state index in [9.17, 15) is 4.79 Å². The number of carbonyl (C=O) groups excluding carboxylic acids is 1. The van der Waals surface area contributed by atoms with E-state index in [1.54, 1.807) is 10.9 Å². The first-order valence-corrected chi connectivity index (χ1v) is 8.87. The molecule has 0 aliphatic carbocycles. The van der Waals surface area contributed by atoms with Crippen LogP contribution < -0.4 is 10.6 Å². The average molecular weight is 387 g/mol. The molecular formula is C19H23ClN6O. The molecular weight excluding hydrogens is 364 g/mol. The summed E-state index contributed by atoms with van der Waals surface area (Å²) in [5.41, 5.74) is 1.19. The number of amides is 1. The molecule has 0 spiro atoms. The van der Waals surface area contributed by atoms with Crippen molar-refractivity contribution in [3.63, 3.8) is 0 Å². The van der Waals surface area contributed by atoms with Gasteiger partial charge in [-0.25, -0.2) is 4.68 Å². The Kier molecular flexibility index (Phi) is 5.93. The van der Waals surface area contributed by atoms with E-state index in [1.807, 2.05) is 59.5 Å². The van der Waals surface area contributed by atoms with Crippen LogP contribution in [0.2, 0.25) is 0 Å². The number of piperidine rings is 1. The summed E-state index contributed by atoms with van der Waals surface area (Å²) in [6.45, 7) is 2.00. The maximum absolute atomic E-state index is 13.0. The summed E-state index contributed by atoms with van der Waals surface area (Å²) in [6.07, 6.45) is 6.94. The van der Waals surface area contributed by atoms with Gasteiger partial charge < -0.3 is 10.6 Å². The van der Waals surface area contributed by atoms with Gasteiger partial charge in [0.2, 0.25) is 5.91 Å². The number of aromatic nitrogens is 4. The fraction of sp³-hybridized carbons (Fsp3) is 0.316. The number of benzene rings is 1. The summed E-state index contributed by atoms with van der Waals surface area (Å²) in [4.78, 5) is 13.0. The van der Waals surface area contributed by atoms with E-state index in [1.165, 1.54) is 0 Å². The molecule has 0 saturated carbocycles. The fourth-order valence-electron chi connectivity index (χ4n) is 3.44. The van der Waals surface area contributed by atoms with Crippen molar-refractivity contribution in [1.29, 1.82) is 0 Å². The second-order valence-corrected chi connectivity index (χ2v) is 6.50. The highest BCUT2D eigenvalue weighted by Gasteiger charge is 2.41. The van der Waals surface area contributed by atoms with E-state index in [4.69, 9.17) is 0 Å². The van der Waals surface area contributed by atoms with Crippen molar-refractivity contribution in [2.45, 2.75) is 24.9 Å². The van der Waals surface area contributed by atoms with Crippen molar-refractivity contribution >= 4 is 18.3 Å². The summed E-state index contributed by atoms with van der Waals surface area (Å²) in [5.74, 6) is -0.00281. The number of rotatable bonds is 5. The predicted octanol–water partition coefficient (Wildman–Crippen LogP) is 1.89. The third-order valence-electron chi connectivity index (χ3n) is 4.89. The lowest BCUT2D eigenvalue weighted by Crippen LogP contribution is -2.54. The number of halogens is 1. The molecule has 27 heavy (non-hydrogen) atoms. The Morgan fingerprint density at radius 1 is 1.11 bits per heavy atom. The molecule has 4 rings (SSSR count). The van der Waals surface area contributed by atoms with E-state index in [2.05, 4.69) is 20.8 Å². The molecule has 142 valence electrons. The molecule has 7 nitrogen and oxygen atoms in total. The number of hydrogen-bond donors (Lipinski definition) is 2. The van der Waals surface area contributed by atoms with E-state index < -0.39 is 5.54 Å². The maximum atomic E-state index is 13.0. The van der Waals surface area contributed by atoms with Crippen molar-refractivity contribution in [2.75, 3.05) is 13.1 Å². The topological polar surface area (TPSA) is 76.8 Å². The van der Waals surface area contributed by atoms with Gasteiger partial charge in [-0.1, -0.05) is 18.2 Å². The van der Waals surface area contributed by atoms with E-state index >= 15 is 0 Å². The number of hydrogen-bond acceptors (Lipinski definition) is 4. The SMILES string of the molecule is Cl.O=C(NCc1ccn(-c2ccccc2)n1)C1(n2cccn2)CCNCC1. The van der Waals surface area contributed by atoms with Crippen molar-refractivity contribution in [3.8, 4) is 5.69 Å². The van der Waals surface area contributed by atoms with Gasteiger partial charge in [0.05, 0.1) is 17.9 Å². The molecule has 0 unspecified atom stereocenters. The van der Waals surface area contributed by atoms with Crippen LogP contribution in [0.15, 0.2) is 61.1 Å². The van der Waals surface area contributed by atoms with Crippen LogP contribution in [0.3, 0.4) is 0 Å². The standard InChI is InChI=1S/C19H22N6O.ClH/c26-18(19(8-11-20-12-9-19)25-13-4-10-22-25)21-15-16-7-14-24(23-16)17-5-2-1-3-6-17;/h1-7,10,13-14,20H,8-9,11-12,15H2,(H,21,26);1H. The normalized spacial score (nSPS) is 15.7. The number of nitrogens with zero attached hydrogens (tertiary/aromatic N) is 4. The Hall–Kier alpha value is -2.64. The van der Waals surface area contributed by atoms with E-state index in [-0.39, 0.29) is 18.3 Å². The molecule has 1 aliphatic rings. The van der Waals surface area contributed by atoms with Gasteiger partial charge in [0.25, 0.3) is 0 Å². The van der Waals surface area contributed by atoms with Gasteiger partial charge in [-0.05, 0) is 50.2 Å². The summed E-state index contributed by atoms with van der Waals surface area (Å²) < 4.78 is 3.61. The Labute approximate surface area is 164 Å². The largest absolute Gasteiger partial charge is 0.348 e. The zero-order valence-corrected chi connectivity index (χ0v) is 15.7. The van der Waals surface area contributed by atoms with E-state index in [0.29, 0.717) is 6.54 Å². The molecule has 2 N–H and O–H groups in total. The first kappa shape index (κ1) is 19.1. The van der Waals surface area contributed by atoms with Crippen LogP contribution >= 0.6 is 12.4 Å². The minimum Gasteiger partial charge on any atom is -0.348 e. The highest BCUT2D eigenvalue weighted by molar-refractivity contribution is 5.85. The number of carbonyl (C=O) groups is 1. The van der Waals surface area contributed by atoms with E-state index in [0.717, 1.165) is 37.3 Å². The van der Waals surface area contributed by atoms with Gasteiger partial charge in [-0.3, -0.25) is 9.48 Å². The Morgan fingerprint density at radius 2 is 1.89 bits per heavy atom. The molecule has 0 bridgehead atoms. The molecule has 1 saturated heterocycles. The van der Waals surface area contributed by atoms with Crippen LogP contribution in [0.25, 0.3) is 5.69 Å². The summed E-state index contributed by atoms with van der Waals surface area (Å²) in [7, 11) is 0. The molecule has 0 radical (unpaired) electrons. The molecule has 1 amide bonds.